The van der Waals surface area contributed by atoms with E-state index in [1.54, 1.807) is 31.4 Å². The minimum Gasteiger partial charge on any atom is -0.493 e. The second-order valence-corrected chi connectivity index (χ2v) is 9.67. The number of nitrogens with two attached hydrogens (primary N) is 1. The summed E-state index contributed by atoms with van der Waals surface area (Å²) >= 11 is 0. The largest absolute Gasteiger partial charge is 0.493 e. The zero-order chi connectivity index (χ0) is 28.9. The molecule has 4 atom stereocenters. The van der Waals surface area contributed by atoms with Crippen LogP contribution in [0.2, 0.25) is 0 Å². The number of para-hydroxylation sites is 1. The number of methoxy groups -OCH3 is 2. The van der Waals surface area contributed by atoms with Crippen molar-refractivity contribution in [3.63, 3.8) is 0 Å². The lowest BCUT2D eigenvalue weighted by atomic mass is 9.87. The molecule has 0 saturated carbocycles. The van der Waals surface area contributed by atoms with E-state index in [0.29, 0.717) is 31.5 Å². The molecule has 226 valence electrons. The van der Waals surface area contributed by atoms with E-state index in [-0.39, 0.29) is 43.1 Å². The third-order valence-corrected chi connectivity index (χ3v) is 6.52. The maximum atomic E-state index is 13.2. The first-order chi connectivity index (χ1) is 17.8. The van der Waals surface area contributed by atoms with Gasteiger partial charge in [-0.1, -0.05) is 26.0 Å². The molecule has 0 aliphatic carbocycles. The van der Waals surface area contributed by atoms with Gasteiger partial charge in [0.15, 0.2) is 0 Å². The number of aliphatic hydroxyl groups is 1. The van der Waals surface area contributed by atoms with E-state index >= 15 is 0 Å². The van der Waals surface area contributed by atoms with Gasteiger partial charge in [-0.3, -0.25) is 9.59 Å². The number of rotatable bonds is 17. The number of halogens is 4. The molecule has 3 unspecified atom stereocenters. The number of nitrogens with one attached hydrogen (secondary N) is 2. The van der Waals surface area contributed by atoms with Crippen molar-refractivity contribution in [1.82, 2.24) is 10.6 Å². The third kappa shape index (κ3) is 11.5. The van der Waals surface area contributed by atoms with Gasteiger partial charge < -0.3 is 35.7 Å². The maximum Gasteiger partial charge on any atom is 0.426 e. The van der Waals surface area contributed by atoms with E-state index in [4.69, 9.17) is 15.2 Å². The van der Waals surface area contributed by atoms with E-state index in [1.165, 1.54) is 0 Å². The van der Waals surface area contributed by atoms with Crippen LogP contribution in [0.25, 0.3) is 0 Å². The molecule has 0 aliphatic heterocycles. The summed E-state index contributed by atoms with van der Waals surface area (Å²) in [6, 6.07) is 6.04. The van der Waals surface area contributed by atoms with Crippen LogP contribution in [0, 0.1) is 11.8 Å². The number of hydrogen-bond donors (Lipinski definition) is 4. The summed E-state index contributed by atoms with van der Waals surface area (Å²) in [6.07, 6.45) is -4.37. The van der Waals surface area contributed by atoms with Gasteiger partial charge in [0.2, 0.25) is 5.60 Å². The molecule has 9 nitrogen and oxygen atoms in total. The van der Waals surface area contributed by atoms with Gasteiger partial charge in [-0.2, -0.15) is 13.2 Å². The van der Waals surface area contributed by atoms with E-state index in [0.717, 1.165) is 20.0 Å². The highest BCUT2D eigenvalue weighted by molar-refractivity contribution is 5.96. The molecule has 1 rings (SSSR count). The molecule has 0 bridgehead atoms. The zero-order valence-corrected chi connectivity index (χ0v) is 24.0. The SMILES string of the molecule is COCCCCOc1ccccc1C(=O)NCC(CC(N)C(O)CNC(=O)[C@@](C)(OC)C(F)(F)F)C(C)C.Cl. The number of ether oxygens (including phenoxy) is 3. The second-order valence-electron chi connectivity index (χ2n) is 9.67. The summed E-state index contributed by atoms with van der Waals surface area (Å²) in [4.78, 5) is 25.0. The topological polar surface area (TPSA) is 132 Å². The monoisotopic (exact) mass is 585 g/mol. The van der Waals surface area contributed by atoms with Gasteiger partial charge in [-0.15, -0.1) is 12.4 Å². The summed E-state index contributed by atoms with van der Waals surface area (Å²) in [5.74, 6) is -1.37. The fourth-order valence-corrected chi connectivity index (χ4v) is 3.58. The van der Waals surface area contributed by atoms with Crippen molar-refractivity contribution in [2.45, 2.75) is 64.0 Å². The van der Waals surface area contributed by atoms with Crippen molar-refractivity contribution in [3.8, 4) is 5.75 Å². The molecule has 13 heteroatoms. The first-order valence-electron chi connectivity index (χ1n) is 12.6. The first kappa shape index (κ1) is 36.9. The summed E-state index contributed by atoms with van der Waals surface area (Å²) < 4.78 is 54.7. The molecule has 2 amide bonds. The van der Waals surface area contributed by atoms with Crippen LogP contribution in [-0.4, -0.2) is 81.4 Å². The van der Waals surface area contributed by atoms with E-state index < -0.39 is 36.4 Å². The van der Waals surface area contributed by atoms with Crippen LogP contribution in [0.4, 0.5) is 13.2 Å². The van der Waals surface area contributed by atoms with Crippen LogP contribution in [-0.2, 0) is 14.3 Å². The quantitative estimate of drug-likeness (QED) is 0.207. The zero-order valence-electron chi connectivity index (χ0n) is 23.2. The summed E-state index contributed by atoms with van der Waals surface area (Å²) in [6.45, 7) is 5.31. The predicted molar refractivity (Wildman–Crippen MR) is 144 cm³/mol. The first-order valence-corrected chi connectivity index (χ1v) is 12.6. The predicted octanol–water partition coefficient (Wildman–Crippen LogP) is 3.08. The van der Waals surface area contributed by atoms with Crippen LogP contribution in [0.5, 0.6) is 5.75 Å². The molecule has 0 saturated heterocycles. The van der Waals surface area contributed by atoms with E-state index in [1.807, 2.05) is 13.8 Å². The molecule has 0 fully saturated rings. The standard InChI is InChI=1S/C26H42F3N3O6.ClH/c1-17(2)18(14-20(30)21(33)16-32-24(35)25(3,37-5)26(27,28)29)15-31-23(34)19-10-6-7-11-22(19)38-13-9-8-12-36-4;/h6-7,10-11,17-18,20-21,33H,8-9,12-16,30H2,1-5H3,(H,31,34)(H,32,35);1H/t18?,20?,21?,25-;/m1./s1. The van der Waals surface area contributed by atoms with Crippen LogP contribution >= 0.6 is 12.4 Å². The molecule has 0 radical (unpaired) electrons. The van der Waals surface area contributed by atoms with Crippen LogP contribution in [0.3, 0.4) is 0 Å². The highest BCUT2D eigenvalue weighted by atomic mass is 35.5. The van der Waals surface area contributed by atoms with Crippen LogP contribution in [0.15, 0.2) is 24.3 Å². The molecule has 1 aromatic rings. The fraction of sp³-hybridized carbons (Fsp3) is 0.692. The Balaban J connectivity index is 0.0000144. The smallest absolute Gasteiger partial charge is 0.426 e. The van der Waals surface area contributed by atoms with Gasteiger partial charge >= 0.3 is 6.18 Å². The Bertz CT molecular complexity index is 878. The fourth-order valence-electron chi connectivity index (χ4n) is 3.58. The number of hydrogen-bond acceptors (Lipinski definition) is 7. The Morgan fingerprint density at radius 1 is 1.05 bits per heavy atom. The average Bonchev–Trinajstić information content (AvgIpc) is 2.87. The Labute approximate surface area is 234 Å². The molecular formula is C26H43ClF3N3O6. The maximum absolute atomic E-state index is 13.2. The van der Waals surface area contributed by atoms with Gasteiger partial charge in [0.05, 0.1) is 18.3 Å². The van der Waals surface area contributed by atoms with Crippen LogP contribution < -0.4 is 21.1 Å². The lowest BCUT2D eigenvalue weighted by molar-refractivity contribution is -0.253. The minimum absolute atomic E-state index is 0. The Morgan fingerprint density at radius 2 is 1.67 bits per heavy atom. The average molecular weight is 586 g/mol. The van der Waals surface area contributed by atoms with Crippen molar-refractivity contribution in [3.05, 3.63) is 29.8 Å². The molecule has 39 heavy (non-hydrogen) atoms. The van der Waals surface area contributed by atoms with Gasteiger partial charge in [0, 0.05) is 40.0 Å². The number of amides is 2. The van der Waals surface area contributed by atoms with Crippen molar-refractivity contribution < 1.29 is 42.1 Å². The van der Waals surface area contributed by atoms with Gasteiger partial charge in [-0.25, -0.2) is 0 Å². The van der Waals surface area contributed by atoms with Crippen molar-refractivity contribution in [2.75, 3.05) is 40.5 Å². The highest BCUT2D eigenvalue weighted by Gasteiger charge is 2.57. The summed E-state index contributed by atoms with van der Waals surface area (Å²) in [5, 5.41) is 15.3. The number of benzene rings is 1. The molecule has 0 spiro atoms. The summed E-state index contributed by atoms with van der Waals surface area (Å²) in [7, 11) is 2.41. The van der Waals surface area contributed by atoms with Gasteiger partial charge in [-0.05, 0) is 50.2 Å². The lowest BCUT2D eigenvalue weighted by Crippen LogP contribution is -2.58. The number of unbranched alkanes of at least 4 members (excludes halogenated alkanes) is 1. The number of carbonyl (C=O) groups excluding carboxylic acids is 2. The Hall–Kier alpha value is -2.12. The normalized spacial score (nSPS) is 15.5. The molecule has 0 aliphatic rings. The molecule has 5 N–H and O–H groups in total. The number of carbonyl (C=O) groups is 2. The lowest BCUT2D eigenvalue weighted by Gasteiger charge is -2.31. The van der Waals surface area contributed by atoms with Crippen LogP contribution in [0.1, 0.15) is 50.4 Å². The molecule has 0 aromatic heterocycles. The molecule has 1 aromatic carbocycles. The highest BCUT2D eigenvalue weighted by Crippen LogP contribution is 2.33. The molecular weight excluding hydrogens is 543 g/mol. The Morgan fingerprint density at radius 3 is 2.23 bits per heavy atom. The number of aliphatic hydroxyl groups excluding tert-OH is 1. The van der Waals surface area contributed by atoms with Crippen molar-refractivity contribution in [1.29, 1.82) is 0 Å². The molecule has 0 heterocycles. The minimum atomic E-state index is -4.94. The second kappa shape index (κ2) is 17.5. The van der Waals surface area contributed by atoms with Gasteiger partial charge in [0.25, 0.3) is 11.8 Å². The van der Waals surface area contributed by atoms with E-state index in [2.05, 4.69) is 15.4 Å². The van der Waals surface area contributed by atoms with Gasteiger partial charge in [0.1, 0.15) is 5.75 Å². The van der Waals surface area contributed by atoms with Crippen molar-refractivity contribution in [2.24, 2.45) is 17.6 Å². The number of alkyl halides is 3. The van der Waals surface area contributed by atoms with Crippen molar-refractivity contribution >= 4 is 24.2 Å². The third-order valence-electron chi connectivity index (χ3n) is 6.52. The van der Waals surface area contributed by atoms with E-state index in [9.17, 15) is 27.9 Å². The Kier molecular flexibility index (Phi) is 16.6. The summed E-state index contributed by atoms with van der Waals surface area (Å²) in [5.41, 5.74) is 3.44.